The maximum atomic E-state index is 12.5. The van der Waals surface area contributed by atoms with Crippen LogP contribution in [-0.2, 0) is 9.53 Å². The van der Waals surface area contributed by atoms with Crippen LogP contribution < -0.4 is 0 Å². The zero-order chi connectivity index (χ0) is 16.0. The van der Waals surface area contributed by atoms with Crippen LogP contribution in [0.3, 0.4) is 0 Å². The molecule has 0 spiro atoms. The fraction of sp³-hybridized carbons (Fsp3) is 0.846. The number of carbonyl (C=O) groups excluding carboxylic acids is 2. The standard InChI is InChI=1S/C13H19F3N2O3/c1-12(2,3)21-11(20)18-5-4-8-6-17(7-9(8)18)10(19)13(14,15)16/h8-9H,4-7H2,1-3H3/t8-,9+/m0/s1. The van der Waals surface area contributed by atoms with E-state index in [0.717, 1.165) is 4.90 Å². The first kappa shape index (κ1) is 15.9. The van der Waals surface area contributed by atoms with Crippen LogP contribution in [0.5, 0.6) is 0 Å². The zero-order valence-electron chi connectivity index (χ0n) is 12.2. The topological polar surface area (TPSA) is 49.9 Å². The van der Waals surface area contributed by atoms with Crippen molar-refractivity contribution >= 4 is 12.0 Å². The summed E-state index contributed by atoms with van der Waals surface area (Å²) in [5.41, 5.74) is -0.657. The van der Waals surface area contributed by atoms with Crippen LogP contribution in [0.4, 0.5) is 18.0 Å². The third-order valence-corrected chi connectivity index (χ3v) is 3.71. The summed E-state index contributed by atoms with van der Waals surface area (Å²) in [6, 6.07) is -0.383. The molecule has 2 amide bonds. The number of carbonyl (C=O) groups is 2. The summed E-state index contributed by atoms with van der Waals surface area (Å²) in [6.07, 6.45) is -4.81. The average Bonchev–Trinajstić information content (AvgIpc) is 2.82. The van der Waals surface area contributed by atoms with E-state index in [1.54, 1.807) is 20.8 Å². The van der Waals surface area contributed by atoms with Crippen molar-refractivity contribution < 1.29 is 27.5 Å². The maximum absolute atomic E-state index is 12.5. The lowest BCUT2D eigenvalue weighted by atomic mass is 10.1. The van der Waals surface area contributed by atoms with Gasteiger partial charge in [-0.25, -0.2) is 4.79 Å². The molecule has 0 N–H and O–H groups in total. The molecule has 21 heavy (non-hydrogen) atoms. The first-order chi connectivity index (χ1) is 9.49. The van der Waals surface area contributed by atoms with Gasteiger partial charge in [0.15, 0.2) is 0 Å². The molecule has 2 saturated heterocycles. The van der Waals surface area contributed by atoms with Crippen molar-refractivity contribution in [2.75, 3.05) is 19.6 Å². The molecule has 5 nitrogen and oxygen atoms in total. The summed E-state index contributed by atoms with van der Waals surface area (Å²) >= 11 is 0. The molecular formula is C13H19F3N2O3. The van der Waals surface area contributed by atoms with Crippen LogP contribution >= 0.6 is 0 Å². The van der Waals surface area contributed by atoms with Crippen molar-refractivity contribution in [1.29, 1.82) is 0 Å². The molecule has 2 atom stereocenters. The van der Waals surface area contributed by atoms with E-state index in [4.69, 9.17) is 4.74 Å². The van der Waals surface area contributed by atoms with Crippen LogP contribution in [0.25, 0.3) is 0 Å². The SMILES string of the molecule is CC(C)(C)OC(=O)N1CC[C@H]2CN(C(=O)C(F)(F)F)C[C@H]21. The number of fused-ring (bicyclic) bond motifs is 1. The van der Waals surface area contributed by atoms with Gasteiger partial charge in [-0.3, -0.25) is 4.79 Å². The number of amides is 2. The minimum Gasteiger partial charge on any atom is -0.444 e. The molecule has 120 valence electrons. The highest BCUT2D eigenvalue weighted by atomic mass is 19.4. The predicted molar refractivity (Wildman–Crippen MR) is 67.5 cm³/mol. The normalized spacial score (nSPS) is 26.0. The van der Waals surface area contributed by atoms with Crippen LogP contribution in [0.1, 0.15) is 27.2 Å². The van der Waals surface area contributed by atoms with Gasteiger partial charge in [0.1, 0.15) is 5.60 Å². The third kappa shape index (κ3) is 3.41. The number of ether oxygens (including phenoxy) is 1. The number of halogens is 3. The van der Waals surface area contributed by atoms with Gasteiger partial charge in [-0.15, -0.1) is 0 Å². The predicted octanol–water partition coefficient (Wildman–Crippen LogP) is 2.02. The highest BCUT2D eigenvalue weighted by Crippen LogP contribution is 2.34. The maximum Gasteiger partial charge on any atom is 0.471 e. The first-order valence-electron chi connectivity index (χ1n) is 6.85. The molecule has 0 aromatic carbocycles. The van der Waals surface area contributed by atoms with Crippen LogP contribution in [0.2, 0.25) is 0 Å². The number of nitrogens with zero attached hydrogens (tertiary/aromatic N) is 2. The fourth-order valence-electron chi connectivity index (χ4n) is 2.85. The lowest BCUT2D eigenvalue weighted by Gasteiger charge is -2.28. The lowest BCUT2D eigenvalue weighted by molar-refractivity contribution is -0.184. The summed E-state index contributed by atoms with van der Waals surface area (Å²) in [5.74, 6) is -1.94. The van der Waals surface area contributed by atoms with E-state index in [1.807, 2.05) is 0 Å². The van der Waals surface area contributed by atoms with Crippen molar-refractivity contribution in [3.63, 3.8) is 0 Å². The van der Waals surface area contributed by atoms with Crippen molar-refractivity contribution in [3.8, 4) is 0 Å². The molecule has 2 aliphatic heterocycles. The van der Waals surface area contributed by atoms with Gasteiger partial charge in [-0.2, -0.15) is 13.2 Å². The van der Waals surface area contributed by atoms with Gasteiger partial charge in [0, 0.05) is 25.6 Å². The molecule has 2 heterocycles. The van der Waals surface area contributed by atoms with E-state index in [-0.39, 0.29) is 25.0 Å². The van der Waals surface area contributed by atoms with Gasteiger partial charge in [0.05, 0.1) is 6.04 Å². The highest BCUT2D eigenvalue weighted by Gasteiger charge is 2.51. The Morgan fingerprint density at radius 1 is 1.14 bits per heavy atom. The summed E-state index contributed by atoms with van der Waals surface area (Å²) < 4.78 is 42.6. The molecular weight excluding hydrogens is 289 g/mol. The first-order valence-corrected chi connectivity index (χ1v) is 6.85. The summed E-state index contributed by atoms with van der Waals surface area (Å²) in [4.78, 5) is 25.6. The van der Waals surface area contributed by atoms with Gasteiger partial charge < -0.3 is 14.5 Å². The van der Waals surface area contributed by atoms with Crippen molar-refractivity contribution in [3.05, 3.63) is 0 Å². The second-order valence-corrected chi connectivity index (χ2v) is 6.50. The Balaban J connectivity index is 2.02. The fourth-order valence-corrected chi connectivity index (χ4v) is 2.85. The second-order valence-electron chi connectivity index (χ2n) is 6.50. The minimum absolute atomic E-state index is 0.0440. The Morgan fingerprint density at radius 2 is 1.76 bits per heavy atom. The molecule has 2 rings (SSSR count). The number of hydrogen-bond acceptors (Lipinski definition) is 3. The molecule has 0 aromatic rings. The van der Waals surface area contributed by atoms with Crippen LogP contribution in [0.15, 0.2) is 0 Å². The van der Waals surface area contributed by atoms with Crippen molar-refractivity contribution in [1.82, 2.24) is 9.80 Å². The second kappa shape index (κ2) is 5.06. The van der Waals surface area contributed by atoms with Gasteiger partial charge in [0.2, 0.25) is 0 Å². The number of alkyl halides is 3. The van der Waals surface area contributed by atoms with E-state index >= 15 is 0 Å². The Kier molecular flexibility index (Phi) is 3.84. The molecule has 0 radical (unpaired) electrons. The van der Waals surface area contributed by atoms with E-state index in [2.05, 4.69) is 0 Å². The lowest BCUT2D eigenvalue weighted by Crippen LogP contribution is -2.45. The molecule has 0 aromatic heterocycles. The Hall–Kier alpha value is -1.47. The Morgan fingerprint density at radius 3 is 2.29 bits per heavy atom. The summed E-state index contributed by atoms with van der Waals surface area (Å²) in [6.45, 7) is 5.61. The van der Waals surface area contributed by atoms with Gasteiger partial charge in [-0.05, 0) is 27.2 Å². The van der Waals surface area contributed by atoms with E-state index < -0.39 is 23.8 Å². The van der Waals surface area contributed by atoms with Gasteiger partial charge in [0.25, 0.3) is 0 Å². The van der Waals surface area contributed by atoms with E-state index in [9.17, 15) is 22.8 Å². The third-order valence-electron chi connectivity index (χ3n) is 3.71. The average molecular weight is 308 g/mol. The van der Waals surface area contributed by atoms with Crippen molar-refractivity contribution in [2.24, 2.45) is 5.92 Å². The number of likely N-dealkylation sites (tertiary alicyclic amines) is 2. The molecule has 0 saturated carbocycles. The van der Waals surface area contributed by atoms with E-state index in [1.165, 1.54) is 4.90 Å². The number of rotatable bonds is 0. The van der Waals surface area contributed by atoms with E-state index in [0.29, 0.717) is 13.0 Å². The molecule has 0 unspecified atom stereocenters. The zero-order valence-corrected chi connectivity index (χ0v) is 12.2. The smallest absolute Gasteiger partial charge is 0.444 e. The Labute approximate surface area is 121 Å². The molecule has 2 aliphatic rings. The molecule has 0 aliphatic carbocycles. The monoisotopic (exact) mass is 308 g/mol. The van der Waals surface area contributed by atoms with Crippen LogP contribution in [-0.4, -0.2) is 59.3 Å². The summed E-state index contributed by atoms with van der Waals surface area (Å²) in [5, 5.41) is 0. The Bertz CT molecular complexity index is 445. The highest BCUT2D eigenvalue weighted by molar-refractivity contribution is 5.82. The number of hydrogen-bond donors (Lipinski definition) is 0. The summed E-state index contributed by atoms with van der Waals surface area (Å²) in [7, 11) is 0. The van der Waals surface area contributed by atoms with Crippen molar-refractivity contribution in [2.45, 2.75) is 45.0 Å². The molecule has 2 fully saturated rings. The van der Waals surface area contributed by atoms with Crippen LogP contribution in [0, 0.1) is 5.92 Å². The largest absolute Gasteiger partial charge is 0.471 e. The van der Waals surface area contributed by atoms with Gasteiger partial charge in [-0.1, -0.05) is 0 Å². The minimum atomic E-state index is -4.87. The van der Waals surface area contributed by atoms with Gasteiger partial charge >= 0.3 is 18.2 Å². The molecule has 0 bridgehead atoms. The quantitative estimate of drug-likeness (QED) is 0.688. The molecule has 8 heteroatoms.